The molecule has 1 unspecified atom stereocenters. The third-order valence-electron chi connectivity index (χ3n) is 2.86. The Morgan fingerprint density at radius 3 is 2.14 bits per heavy atom. The standard InChI is InChI=1S/C15H24N2O3S/c1-6-11(2)16-14(18)12-7-9-13(10-8-12)21(19,20)17-15(3,4)5/h7-11,17H,6H2,1-5H3,(H,16,18). The molecule has 1 aromatic rings. The molecule has 0 bridgehead atoms. The van der Waals surface area contributed by atoms with Gasteiger partial charge in [-0.1, -0.05) is 6.92 Å². The van der Waals surface area contributed by atoms with E-state index in [1.807, 2.05) is 13.8 Å². The number of carbonyl (C=O) groups is 1. The van der Waals surface area contributed by atoms with Gasteiger partial charge in [0.2, 0.25) is 10.0 Å². The number of rotatable bonds is 5. The van der Waals surface area contributed by atoms with Crippen LogP contribution >= 0.6 is 0 Å². The fourth-order valence-corrected chi connectivity index (χ4v) is 3.08. The molecule has 0 radical (unpaired) electrons. The summed E-state index contributed by atoms with van der Waals surface area (Å²) < 4.78 is 26.9. The highest BCUT2D eigenvalue weighted by Crippen LogP contribution is 2.14. The van der Waals surface area contributed by atoms with Gasteiger partial charge < -0.3 is 5.32 Å². The Balaban J connectivity index is 2.90. The number of hydrogen-bond acceptors (Lipinski definition) is 3. The minimum Gasteiger partial charge on any atom is -0.350 e. The average Bonchev–Trinajstić information content (AvgIpc) is 2.36. The maximum Gasteiger partial charge on any atom is 0.251 e. The first-order valence-electron chi connectivity index (χ1n) is 7.00. The van der Waals surface area contributed by atoms with Crippen molar-refractivity contribution in [3.63, 3.8) is 0 Å². The van der Waals surface area contributed by atoms with Crippen molar-refractivity contribution in [2.24, 2.45) is 0 Å². The topological polar surface area (TPSA) is 75.3 Å². The Labute approximate surface area is 127 Å². The van der Waals surface area contributed by atoms with E-state index in [1.54, 1.807) is 20.8 Å². The Bertz CT molecular complexity index is 586. The van der Waals surface area contributed by atoms with Crippen molar-refractivity contribution in [2.45, 2.75) is 57.5 Å². The number of sulfonamides is 1. The van der Waals surface area contributed by atoms with Crippen LogP contribution in [0.3, 0.4) is 0 Å². The van der Waals surface area contributed by atoms with Gasteiger partial charge in [0.25, 0.3) is 5.91 Å². The summed E-state index contributed by atoms with van der Waals surface area (Å²) in [5, 5.41) is 2.84. The number of benzene rings is 1. The molecule has 0 aliphatic rings. The molecule has 21 heavy (non-hydrogen) atoms. The zero-order valence-corrected chi connectivity index (χ0v) is 14.0. The zero-order valence-electron chi connectivity index (χ0n) is 13.2. The van der Waals surface area contributed by atoms with Gasteiger partial charge in [-0.05, 0) is 58.4 Å². The number of hydrogen-bond donors (Lipinski definition) is 2. The van der Waals surface area contributed by atoms with Gasteiger partial charge in [0.1, 0.15) is 0 Å². The van der Waals surface area contributed by atoms with Gasteiger partial charge in [0, 0.05) is 17.1 Å². The molecule has 0 spiro atoms. The molecule has 6 heteroatoms. The van der Waals surface area contributed by atoms with Gasteiger partial charge in [0.15, 0.2) is 0 Å². The van der Waals surface area contributed by atoms with Crippen LogP contribution in [0.5, 0.6) is 0 Å². The first-order valence-corrected chi connectivity index (χ1v) is 8.48. The van der Waals surface area contributed by atoms with E-state index in [-0.39, 0.29) is 16.8 Å². The summed E-state index contributed by atoms with van der Waals surface area (Å²) in [4.78, 5) is 12.1. The highest BCUT2D eigenvalue weighted by molar-refractivity contribution is 7.89. The summed E-state index contributed by atoms with van der Waals surface area (Å²) in [6.07, 6.45) is 0.841. The summed E-state index contributed by atoms with van der Waals surface area (Å²) >= 11 is 0. The molecule has 0 saturated carbocycles. The predicted molar refractivity (Wildman–Crippen MR) is 83.7 cm³/mol. The number of nitrogens with one attached hydrogen (secondary N) is 2. The van der Waals surface area contributed by atoms with Crippen LogP contribution in [0.4, 0.5) is 0 Å². The molecule has 0 fully saturated rings. The van der Waals surface area contributed by atoms with Crippen molar-refractivity contribution in [2.75, 3.05) is 0 Å². The van der Waals surface area contributed by atoms with Crippen molar-refractivity contribution in [1.82, 2.24) is 10.0 Å². The molecule has 1 aromatic carbocycles. The summed E-state index contributed by atoms with van der Waals surface area (Å²) in [7, 11) is -3.57. The lowest BCUT2D eigenvalue weighted by atomic mass is 10.1. The van der Waals surface area contributed by atoms with Crippen LogP contribution in [-0.4, -0.2) is 25.9 Å². The Morgan fingerprint density at radius 1 is 1.19 bits per heavy atom. The SMILES string of the molecule is CCC(C)NC(=O)c1ccc(S(=O)(=O)NC(C)(C)C)cc1. The lowest BCUT2D eigenvalue weighted by Crippen LogP contribution is -2.40. The Kier molecular flexibility index (Phi) is 5.53. The molecule has 118 valence electrons. The quantitative estimate of drug-likeness (QED) is 0.876. The van der Waals surface area contributed by atoms with Crippen molar-refractivity contribution in [3.8, 4) is 0 Å². The van der Waals surface area contributed by atoms with Gasteiger partial charge in [-0.15, -0.1) is 0 Å². The molecular weight excluding hydrogens is 288 g/mol. The van der Waals surface area contributed by atoms with E-state index in [2.05, 4.69) is 10.0 Å². The van der Waals surface area contributed by atoms with Crippen LogP contribution in [0, 0.1) is 0 Å². The van der Waals surface area contributed by atoms with Gasteiger partial charge in [-0.25, -0.2) is 13.1 Å². The lowest BCUT2D eigenvalue weighted by Gasteiger charge is -2.20. The molecule has 1 amide bonds. The first-order chi connectivity index (χ1) is 9.55. The molecule has 0 aromatic heterocycles. The molecule has 1 atom stereocenters. The molecule has 0 heterocycles. The van der Waals surface area contributed by atoms with Crippen LogP contribution in [0.15, 0.2) is 29.2 Å². The van der Waals surface area contributed by atoms with Gasteiger partial charge >= 0.3 is 0 Å². The fraction of sp³-hybridized carbons (Fsp3) is 0.533. The smallest absolute Gasteiger partial charge is 0.251 e. The second kappa shape index (κ2) is 6.58. The molecule has 0 saturated heterocycles. The summed E-state index contributed by atoms with van der Waals surface area (Å²) in [5.41, 5.74) is -0.101. The third-order valence-corrected chi connectivity index (χ3v) is 4.63. The van der Waals surface area contributed by atoms with Crippen molar-refractivity contribution in [1.29, 1.82) is 0 Å². The normalized spacial score (nSPS) is 13.8. The number of amides is 1. The second-order valence-corrected chi connectivity index (χ2v) is 7.85. The maximum atomic E-state index is 12.1. The van der Waals surface area contributed by atoms with Crippen molar-refractivity contribution >= 4 is 15.9 Å². The summed E-state index contributed by atoms with van der Waals surface area (Å²) in [5.74, 6) is -0.197. The van der Waals surface area contributed by atoms with Gasteiger partial charge in [-0.3, -0.25) is 4.79 Å². The van der Waals surface area contributed by atoms with E-state index in [4.69, 9.17) is 0 Å². The molecule has 2 N–H and O–H groups in total. The third kappa shape index (κ3) is 5.47. The van der Waals surface area contributed by atoms with E-state index in [1.165, 1.54) is 24.3 Å². The van der Waals surface area contributed by atoms with E-state index in [0.29, 0.717) is 5.56 Å². The predicted octanol–water partition coefficient (Wildman–Crippen LogP) is 2.29. The van der Waals surface area contributed by atoms with Crippen LogP contribution in [0.1, 0.15) is 51.4 Å². The highest BCUT2D eigenvalue weighted by Gasteiger charge is 2.22. The Hall–Kier alpha value is -1.40. The number of carbonyl (C=O) groups excluding carboxylic acids is 1. The minimum atomic E-state index is -3.57. The maximum absolute atomic E-state index is 12.1. The molecular formula is C15H24N2O3S. The molecule has 0 aliphatic carbocycles. The largest absolute Gasteiger partial charge is 0.350 e. The first kappa shape index (κ1) is 17.7. The lowest BCUT2D eigenvalue weighted by molar-refractivity contribution is 0.0939. The van der Waals surface area contributed by atoms with Crippen molar-refractivity contribution < 1.29 is 13.2 Å². The van der Waals surface area contributed by atoms with Crippen LogP contribution in [-0.2, 0) is 10.0 Å². The Morgan fingerprint density at radius 2 is 1.71 bits per heavy atom. The van der Waals surface area contributed by atoms with E-state index in [9.17, 15) is 13.2 Å². The monoisotopic (exact) mass is 312 g/mol. The highest BCUT2D eigenvalue weighted by atomic mass is 32.2. The van der Waals surface area contributed by atoms with E-state index < -0.39 is 15.6 Å². The van der Waals surface area contributed by atoms with E-state index in [0.717, 1.165) is 6.42 Å². The second-order valence-electron chi connectivity index (χ2n) is 6.16. The molecule has 5 nitrogen and oxygen atoms in total. The van der Waals surface area contributed by atoms with E-state index >= 15 is 0 Å². The van der Waals surface area contributed by atoms with Gasteiger partial charge in [0.05, 0.1) is 4.90 Å². The molecule has 1 rings (SSSR count). The summed E-state index contributed by atoms with van der Waals surface area (Å²) in [6, 6.07) is 6.02. The van der Waals surface area contributed by atoms with Gasteiger partial charge in [-0.2, -0.15) is 0 Å². The zero-order chi connectivity index (χ0) is 16.3. The fourth-order valence-electron chi connectivity index (χ4n) is 1.66. The average molecular weight is 312 g/mol. The molecule has 0 aliphatic heterocycles. The van der Waals surface area contributed by atoms with Crippen LogP contribution < -0.4 is 10.0 Å². The van der Waals surface area contributed by atoms with Crippen molar-refractivity contribution in [3.05, 3.63) is 29.8 Å². The minimum absolute atomic E-state index is 0.0865. The van der Waals surface area contributed by atoms with Crippen LogP contribution in [0.2, 0.25) is 0 Å². The van der Waals surface area contributed by atoms with Crippen LogP contribution in [0.25, 0.3) is 0 Å². The summed E-state index contributed by atoms with van der Waals surface area (Å²) in [6.45, 7) is 9.23.